The third-order valence-corrected chi connectivity index (χ3v) is 6.93. The van der Waals surface area contributed by atoms with Crippen LogP contribution in [-0.2, 0) is 4.79 Å². The lowest BCUT2D eigenvalue weighted by Gasteiger charge is -2.36. The summed E-state index contributed by atoms with van der Waals surface area (Å²) in [5.41, 5.74) is 2.47. The van der Waals surface area contributed by atoms with Crippen LogP contribution in [0.3, 0.4) is 0 Å². The van der Waals surface area contributed by atoms with Gasteiger partial charge in [0.05, 0.1) is 17.8 Å². The van der Waals surface area contributed by atoms with E-state index in [4.69, 9.17) is 0 Å². The first-order valence-corrected chi connectivity index (χ1v) is 12.4. The zero-order chi connectivity index (χ0) is 24.8. The molecule has 2 aliphatic heterocycles. The number of piperazine rings is 1. The molecule has 2 aromatic rings. The maximum atomic E-state index is 12.7. The van der Waals surface area contributed by atoms with Crippen molar-refractivity contribution in [1.82, 2.24) is 9.80 Å². The Morgan fingerprint density at radius 2 is 1.54 bits per heavy atom. The third kappa shape index (κ3) is 6.19. The number of hydrogen-bond acceptors (Lipinski definition) is 5. The molecule has 35 heavy (non-hydrogen) atoms. The Labute approximate surface area is 206 Å². The summed E-state index contributed by atoms with van der Waals surface area (Å²) in [5, 5.41) is 12.5. The molecule has 0 atom stereocenters. The molecule has 0 aromatic heterocycles. The molecule has 186 valence electrons. The number of hydrogen-bond donors (Lipinski definition) is 2. The molecule has 2 N–H and O–H groups in total. The normalized spacial score (nSPS) is 17.1. The van der Waals surface area contributed by atoms with E-state index in [0.29, 0.717) is 25.2 Å². The second-order valence-corrected chi connectivity index (χ2v) is 9.36. The zero-order valence-electron chi connectivity index (χ0n) is 20.3. The Kier molecular flexibility index (Phi) is 8.02. The molecule has 8 heteroatoms. The minimum atomic E-state index is -1.09. The monoisotopic (exact) mass is 478 g/mol. The summed E-state index contributed by atoms with van der Waals surface area (Å²) >= 11 is 0. The van der Waals surface area contributed by atoms with E-state index in [1.807, 2.05) is 30.0 Å². The third-order valence-electron chi connectivity index (χ3n) is 6.93. The number of nitrogens with one attached hydrogen (secondary N) is 1. The average Bonchev–Trinajstić information content (AvgIpc) is 3.15. The molecule has 0 spiro atoms. The lowest BCUT2D eigenvalue weighted by molar-refractivity contribution is -0.132. The van der Waals surface area contributed by atoms with Crippen molar-refractivity contribution >= 4 is 29.2 Å². The van der Waals surface area contributed by atoms with Gasteiger partial charge in [0.15, 0.2) is 0 Å². The van der Waals surface area contributed by atoms with Crippen molar-refractivity contribution in [2.24, 2.45) is 0 Å². The number of aryl methyl sites for hydroxylation is 1. The molecule has 0 radical (unpaired) electrons. The molecule has 2 heterocycles. The standard InChI is InChI=1S/C27H34N4O4/c1-20-8-4-5-9-22(20)26(33)28-24-11-10-21(18-23(24)27(34)35)30-16-14-29(15-17-30)19-25(32)31-12-6-2-3-7-13-31/h4-5,8-11,18H,2-3,6-7,12-17,19H2,1H3,(H,28,33)(H,34,35). The minimum absolute atomic E-state index is 0.0585. The predicted octanol–water partition coefficient (Wildman–Crippen LogP) is 3.47. The Morgan fingerprint density at radius 3 is 2.20 bits per heavy atom. The molecule has 2 saturated heterocycles. The number of carboxylic acid groups (broad SMARTS) is 1. The molecule has 0 bridgehead atoms. The van der Waals surface area contributed by atoms with Crippen LogP contribution < -0.4 is 10.2 Å². The van der Waals surface area contributed by atoms with Crippen molar-refractivity contribution in [3.63, 3.8) is 0 Å². The number of rotatable bonds is 6. The number of benzene rings is 2. The van der Waals surface area contributed by atoms with Crippen LogP contribution in [0.25, 0.3) is 0 Å². The van der Waals surface area contributed by atoms with Gasteiger partial charge < -0.3 is 20.2 Å². The van der Waals surface area contributed by atoms with Gasteiger partial charge in [0.25, 0.3) is 5.91 Å². The first kappa shape index (κ1) is 24.7. The van der Waals surface area contributed by atoms with Crippen LogP contribution in [0, 0.1) is 6.92 Å². The van der Waals surface area contributed by atoms with Crippen LogP contribution in [0.4, 0.5) is 11.4 Å². The van der Waals surface area contributed by atoms with E-state index in [-0.39, 0.29) is 23.1 Å². The van der Waals surface area contributed by atoms with E-state index in [1.165, 1.54) is 12.8 Å². The fourth-order valence-corrected chi connectivity index (χ4v) is 4.81. The van der Waals surface area contributed by atoms with E-state index in [9.17, 15) is 19.5 Å². The molecule has 2 aliphatic rings. The smallest absolute Gasteiger partial charge is 0.337 e. The Balaban J connectivity index is 1.37. The van der Waals surface area contributed by atoms with Crippen molar-refractivity contribution in [1.29, 1.82) is 0 Å². The van der Waals surface area contributed by atoms with Crippen molar-refractivity contribution in [2.45, 2.75) is 32.6 Å². The molecule has 0 unspecified atom stereocenters. The van der Waals surface area contributed by atoms with Crippen molar-refractivity contribution in [3.05, 3.63) is 59.2 Å². The van der Waals surface area contributed by atoms with Crippen molar-refractivity contribution in [2.75, 3.05) is 56.0 Å². The highest BCUT2D eigenvalue weighted by Crippen LogP contribution is 2.25. The maximum absolute atomic E-state index is 12.7. The number of nitrogens with zero attached hydrogens (tertiary/aromatic N) is 3. The van der Waals surface area contributed by atoms with Gasteiger partial charge >= 0.3 is 5.97 Å². The molecule has 0 aliphatic carbocycles. The van der Waals surface area contributed by atoms with Crippen LogP contribution in [0.15, 0.2) is 42.5 Å². The molecule has 4 rings (SSSR count). The predicted molar refractivity (Wildman–Crippen MR) is 136 cm³/mol. The van der Waals surface area contributed by atoms with Crippen LogP contribution in [0.1, 0.15) is 52.0 Å². The van der Waals surface area contributed by atoms with E-state index in [0.717, 1.165) is 50.3 Å². The summed E-state index contributed by atoms with van der Waals surface area (Å²) < 4.78 is 0. The second kappa shape index (κ2) is 11.4. The number of amides is 2. The minimum Gasteiger partial charge on any atom is -0.478 e. The highest BCUT2D eigenvalue weighted by atomic mass is 16.4. The van der Waals surface area contributed by atoms with Crippen LogP contribution in [-0.4, -0.2) is 78.5 Å². The molecule has 2 fully saturated rings. The molecule has 2 aromatic carbocycles. The van der Waals surface area contributed by atoms with Crippen molar-refractivity contribution < 1.29 is 19.5 Å². The Bertz CT molecular complexity index is 1070. The van der Waals surface area contributed by atoms with Crippen LogP contribution >= 0.6 is 0 Å². The SMILES string of the molecule is Cc1ccccc1C(=O)Nc1ccc(N2CCN(CC(=O)N3CCCCCC3)CC2)cc1C(=O)O. The summed E-state index contributed by atoms with van der Waals surface area (Å²) in [6.07, 6.45) is 4.59. The van der Waals surface area contributed by atoms with Gasteiger partial charge in [-0.05, 0) is 49.6 Å². The quantitative estimate of drug-likeness (QED) is 0.661. The van der Waals surface area contributed by atoms with Gasteiger partial charge in [-0.15, -0.1) is 0 Å². The van der Waals surface area contributed by atoms with E-state index >= 15 is 0 Å². The lowest BCUT2D eigenvalue weighted by atomic mass is 10.1. The van der Waals surface area contributed by atoms with Gasteiger partial charge in [-0.3, -0.25) is 14.5 Å². The van der Waals surface area contributed by atoms with Crippen molar-refractivity contribution in [3.8, 4) is 0 Å². The largest absolute Gasteiger partial charge is 0.478 e. The summed E-state index contributed by atoms with van der Waals surface area (Å²) in [4.78, 5) is 43.7. The van der Waals surface area contributed by atoms with E-state index in [2.05, 4.69) is 15.1 Å². The number of anilines is 2. The fourth-order valence-electron chi connectivity index (χ4n) is 4.81. The van der Waals surface area contributed by atoms with Crippen LogP contribution in [0.2, 0.25) is 0 Å². The average molecular weight is 479 g/mol. The van der Waals surface area contributed by atoms with E-state index < -0.39 is 5.97 Å². The maximum Gasteiger partial charge on any atom is 0.337 e. The van der Waals surface area contributed by atoms with Gasteiger partial charge in [-0.2, -0.15) is 0 Å². The van der Waals surface area contributed by atoms with Gasteiger partial charge in [-0.1, -0.05) is 31.0 Å². The number of carbonyl (C=O) groups excluding carboxylic acids is 2. The number of likely N-dealkylation sites (tertiary alicyclic amines) is 1. The lowest BCUT2D eigenvalue weighted by Crippen LogP contribution is -2.50. The van der Waals surface area contributed by atoms with Gasteiger partial charge in [0, 0.05) is 50.5 Å². The summed E-state index contributed by atoms with van der Waals surface area (Å²) in [6.45, 7) is 6.92. The highest BCUT2D eigenvalue weighted by molar-refractivity contribution is 6.08. The molecule has 0 saturated carbocycles. The Hall–Kier alpha value is -3.39. The van der Waals surface area contributed by atoms with Gasteiger partial charge in [0.1, 0.15) is 0 Å². The fraction of sp³-hybridized carbons (Fsp3) is 0.444. The molecular formula is C27H34N4O4. The summed E-state index contributed by atoms with van der Waals surface area (Å²) in [7, 11) is 0. The second-order valence-electron chi connectivity index (χ2n) is 9.36. The topological polar surface area (TPSA) is 93.2 Å². The molecule has 8 nitrogen and oxygen atoms in total. The Morgan fingerprint density at radius 1 is 0.857 bits per heavy atom. The highest BCUT2D eigenvalue weighted by Gasteiger charge is 2.24. The summed E-state index contributed by atoms with van der Waals surface area (Å²) in [5.74, 6) is -1.21. The number of carboxylic acids is 1. The number of carbonyl (C=O) groups is 3. The van der Waals surface area contributed by atoms with Crippen LogP contribution in [0.5, 0.6) is 0 Å². The number of aromatic carboxylic acids is 1. The van der Waals surface area contributed by atoms with E-state index in [1.54, 1.807) is 24.3 Å². The molecule has 2 amide bonds. The first-order valence-electron chi connectivity index (χ1n) is 12.4. The first-order chi connectivity index (χ1) is 16.9. The van der Waals surface area contributed by atoms with Gasteiger partial charge in [-0.25, -0.2) is 4.79 Å². The van der Waals surface area contributed by atoms with Gasteiger partial charge in [0.2, 0.25) is 5.91 Å². The molecular weight excluding hydrogens is 444 g/mol. The zero-order valence-corrected chi connectivity index (χ0v) is 20.3. The summed E-state index contributed by atoms with van der Waals surface area (Å²) in [6, 6.07) is 12.3.